The number of hydrogen-bond donors (Lipinski definition) is 2. The lowest BCUT2D eigenvalue weighted by Gasteiger charge is -2.35. The Labute approximate surface area is 151 Å². The predicted octanol–water partition coefficient (Wildman–Crippen LogP) is 0.113. The lowest BCUT2D eigenvalue weighted by molar-refractivity contribution is -0.127. The van der Waals surface area contributed by atoms with Crippen molar-refractivity contribution in [2.24, 2.45) is 10.1 Å². The largest absolute Gasteiger partial charge is 0.383 e. The number of nitrogens with one attached hydrogen (secondary N) is 2. The van der Waals surface area contributed by atoms with Gasteiger partial charge in [-0.3, -0.25) is 10.1 Å². The lowest BCUT2D eigenvalue weighted by atomic mass is 10.1. The van der Waals surface area contributed by atoms with Crippen molar-refractivity contribution in [2.75, 3.05) is 27.3 Å². The molecule has 1 fully saturated rings. The highest BCUT2D eigenvalue weighted by atomic mass is 16.5. The highest BCUT2D eigenvalue weighted by Crippen LogP contribution is 2.22. The number of likely N-dealkylation sites (N-methyl/N-ethyl adjacent to an activating group) is 1. The molecule has 0 radical (unpaired) electrons. The number of hydrogen-bond acceptors (Lipinski definition) is 7. The van der Waals surface area contributed by atoms with Crippen molar-refractivity contribution in [1.82, 2.24) is 20.5 Å². The van der Waals surface area contributed by atoms with Crippen LogP contribution >= 0.6 is 0 Å². The number of amides is 3. The fraction of sp³-hybridized carbons (Fsp3) is 0.412. The van der Waals surface area contributed by atoms with Gasteiger partial charge in [-0.1, -0.05) is 29.8 Å². The van der Waals surface area contributed by atoms with E-state index in [2.05, 4.69) is 20.8 Å². The van der Waals surface area contributed by atoms with Gasteiger partial charge in [-0.05, 0) is 12.5 Å². The van der Waals surface area contributed by atoms with Gasteiger partial charge >= 0.3 is 6.03 Å². The van der Waals surface area contributed by atoms with Gasteiger partial charge in [-0.25, -0.2) is 15.2 Å². The zero-order chi connectivity index (χ0) is 18.7. The summed E-state index contributed by atoms with van der Waals surface area (Å²) in [6.45, 7) is 2.88. The number of methoxy groups -OCH3 is 1. The van der Waals surface area contributed by atoms with Crippen LogP contribution in [0.15, 0.2) is 34.4 Å². The molecule has 2 atom stereocenters. The first-order chi connectivity index (χ1) is 12.5. The van der Waals surface area contributed by atoms with E-state index >= 15 is 0 Å². The molecule has 26 heavy (non-hydrogen) atoms. The molecule has 2 aliphatic heterocycles. The van der Waals surface area contributed by atoms with Gasteiger partial charge < -0.3 is 14.5 Å². The van der Waals surface area contributed by atoms with E-state index < -0.39 is 18.2 Å². The predicted molar refractivity (Wildman–Crippen MR) is 96.8 cm³/mol. The summed E-state index contributed by atoms with van der Waals surface area (Å²) >= 11 is 0. The van der Waals surface area contributed by atoms with Crippen LogP contribution in [-0.4, -0.2) is 73.4 Å². The minimum Gasteiger partial charge on any atom is -0.383 e. The van der Waals surface area contributed by atoms with Crippen molar-refractivity contribution < 1.29 is 14.3 Å². The van der Waals surface area contributed by atoms with Crippen LogP contribution in [0.1, 0.15) is 11.1 Å². The van der Waals surface area contributed by atoms with Crippen molar-refractivity contribution in [3.63, 3.8) is 0 Å². The maximum Gasteiger partial charge on any atom is 0.325 e. The van der Waals surface area contributed by atoms with E-state index in [1.54, 1.807) is 25.3 Å². The fourth-order valence-electron chi connectivity index (χ4n) is 2.87. The van der Waals surface area contributed by atoms with Crippen LogP contribution in [0.5, 0.6) is 0 Å². The molecule has 138 valence electrons. The maximum atomic E-state index is 12.3. The second kappa shape index (κ2) is 7.52. The molecule has 1 saturated heterocycles. The summed E-state index contributed by atoms with van der Waals surface area (Å²) < 4.78 is 5.12. The molecule has 3 rings (SSSR count). The molecule has 0 saturated carbocycles. The van der Waals surface area contributed by atoms with E-state index in [-0.39, 0.29) is 5.91 Å². The second-order valence-electron chi connectivity index (χ2n) is 6.18. The van der Waals surface area contributed by atoms with Crippen LogP contribution in [0, 0.1) is 6.92 Å². The number of guanidine groups is 1. The van der Waals surface area contributed by atoms with Gasteiger partial charge in [0, 0.05) is 20.7 Å². The van der Waals surface area contributed by atoms with Crippen molar-refractivity contribution >= 4 is 24.1 Å². The van der Waals surface area contributed by atoms with Crippen LogP contribution in [0.3, 0.4) is 0 Å². The van der Waals surface area contributed by atoms with Gasteiger partial charge in [0.25, 0.3) is 5.91 Å². The number of aryl methyl sites for hydroxylation is 1. The molecule has 9 heteroatoms. The third-order valence-electron chi connectivity index (χ3n) is 4.35. The number of benzene rings is 1. The maximum absolute atomic E-state index is 12.3. The molecule has 0 spiro atoms. The summed E-state index contributed by atoms with van der Waals surface area (Å²) in [5, 5.41) is 6.56. The molecule has 2 aliphatic rings. The highest BCUT2D eigenvalue weighted by molar-refractivity contribution is 6.03. The van der Waals surface area contributed by atoms with Gasteiger partial charge in [0.1, 0.15) is 0 Å². The van der Waals surface area contributed by atoms with E-state index in [4.69, 9.17) is 4.74 Å². The first kappa shape index (κ1) is 17.9. The third-order valence-corrected chi connectivity index (χ3v) is 4.35. The number of imide groups is 1. The Hall–Kier alpha value is -2.94. The Morgan fingerprint density at radius 2 is 2.08 bits per heavy atom. The third kappa shape index (κ3) is 3.52. The van der Waals surface area contributed by atoms with Crippen molar-refractivity contribution in [3.8, 4) is 0 Å². The first-order valence-electron chi connectivity index (χ1n) is 8.28. The Balaban J connectivity index is 1.77. The molecule has 2 heterocycles. The Kier molecular flexibility index (Phi) is 5.17. The molecular formula is C17H22N6O3. The molecule has 1 aromatic rings. The minimum atomic E-state index is -0.607. The van der Waals surface area contributed by atoms with Crippen LogP contribution in [-0.2, 0) is 9.53 Å². The van der Waals surface area contributed by atoms with Crippen LogP contribution in [0.4, 0.5) is 4.79 Å². The number of ether oxygens (including phenoxy) is 1. The molecule has 0 aliphatic carbocycles. The average Bonchev–Trinajstić information content (AvgIpc) is 2.99. The van der Waals surface area contributed by atoms with Gasteiger partial charge in [-0.15, -0.1) is 0 Å². The number of carbonyl (C=O) groups excluding carboxylic acids is 2. The monoisotopic (exact) mass is 358 g/mol. The zero-order valence-corrected chi connectivity index (χ0v) is 15.0. The Morgan fingerprint density at radius 1 is 1.35 bits per heavy atom. The van der Waals surface area contributed by atoms with Gasteiger partial charge in [0.15, 0.2) is 12.2 Å². The van der Waals surface area contributed by atoms with Crippen LogP contribution in [0.25, 0.3) is 0 Å². The van der Waals surface area contributed by atoms with Crippen molar-refractivity contribution in [3.05, 3.63) is 35.4 Å². The summed E-state index contributed by atoms with van der Waals surface area (Å²) in [5.41, 5.74) is 5.00. The number of rotatable bonds is 5. The molecule has 0 bridgehead atoms. The lowest BCUT2D eigenvalue weighted by Crippen LogP contribution is -2.64. The molecule has 3 amide bonds. The van der Waals surface area contributed by atoms with Crippen LogP contribution in [0.2, 0.25) is 0 Å². The van der Waals surface area contributed by atoms with Gasteiger partial charge in [0.05, 0.1) is 12.8 Å². The molecule has 0 aromatic heterocycles. The number of aliphatic imine (C=N–C) groups is 1. The SMILES string of the molecule is COCCN1C(N/N=C/c2ccc(C)cc2)=NC2C1C(=O)NC(=O)N2C. The minimum absolute atomic E-state index is 0.378. The molecule has 2 unspecified atom stereocenters. The summed E-state index contributed by atoms with van der Waals surface area (Å²) in [7, 11) is 3.19. The van der Waals surface area contributed by atoms with E-state index in [0.717, 1.165) is 5.56 Å². The van der Waals surface area contributed by atoms with Crippen molar-refractivity contribution in [1.29, 1.82) is 0 Å². The summed E-state index contributed by atoms with van der Waals surface area (Å²) in [6, 6.07) is 6.84. The second-order valence-corrected chi connectivity index (χ2v) is 6.18. The van der Waals surface area contributed by atoms with E-state index in [1.807, 2.05) is 31.2 Å². The molecule has 9 nitrogen and oxygen atoms in total. The quantitative estimate of drug-likeness (QED) is 0.575. The standard InChI is InChI=1S/C17H22N6O3/c1-11-4-6-12(7-5-11)10-18-21-16-19-14-13(23(16)8-9-26-3)15(24)20-17(25)22(14)2/h4-7,10,13-14H,8-9H2,1-3H3,(H,19,21)(H,20,24,25)/b18-10+. The zero-order valence-electron chi connectivity index (χ0n) is 15.0. The fourth-order valence-corrected chi connectivity index (χ4v) is 2.87. The molecule has 2 N–H and O–H groups in total. The topological polar surface area (TPSA) is 98.6 Å². The first-order valence-corrected chi connectivity index (χ1v) is 8.28. The Bertz CT molecular complexity index is 745. The van der Waals surface area contributed by atoms with E-state index in [9.17, 15) is 9.59 Å². The molecular weight excluding hydrogens is 336 g/mol. The number of urea groups is 1. The number of nitrogens with zero attached hydrogens (tertiary/aromatic N) is 4. The number of fused-ring (bicyclic) bond motifs is 1. The molecule has 1 aromatic carbocycles. The number of hydrazone groups is 1. The Morgan fingerprint density at radius 3 is 2.77 bits per heavy atom. The smallest absolute Gasteiger partial charge is 0.325 e. The van der Waals surface area contributed by atoms with Crippen LogP contribution < -0.4 is 10.7 Å². The summed E-state index contributed by atoms with van der Waals surface area (Å²) in [4.78, 5) is 31.8. The van der Waals surface area contributed by atoms with Gasteiger partial charge in [-0.2, -0.15) is 5.10 Å². The summed E-state index contributed by atoms with van der Waals surface area (Å²) in [5.74, 6) is 0.0504. The summed E-state index contributed by atoms with van der Waals surface area (Å²) in [6.07, 6.45) is 1.08. The van der Waals surface area contributed by atoms with E-state index in [1.165, 1.54) is 10.5 Å². The van der Waals surface area contributed by atoms with E-state index in [0.29, 0.717) is 19.1 Å². The van der Waals surface area contributed by atoms with Gasteiger partial charge in [0.2, 0.25) is 5.96 Å². The highest BCUT2D eigenvalue weighted by Gasteiger charge is 2.48. The van der Waals surface area contributed by atoms with Crippen molar-refractivity contribution in [2.45, 2.75) is 19.1 Å². The normalized spacial score (nSPS) is 22.5. The number of carbonyl (C=O) groups is 2. The average molecular weight is 358 g/mol.